The third-order valence-electron chi connectivity index (χ3n) is 2.65. The standard InChI is InChI=1S/C13H20N4O4/c1-9(2)21-6-4-3-5-15-13(18)10-7-12(14)16-8-11(10)17(19)20/h7-9H,3-6H2,1-2H3,(H2,14,16)(H,15,18). The van der Waals surface area contributed by atoms with Crippen LogP contribution in [0.1, 0.15) is 37.0 Å². The van der Waals surface area contributed by atoms with Gasteiger partial charge in [0.25, 0.3) is 11.6 Å². The number of nitrogens with zero attached hydrogens (tertiary/aromatic N) is 2. The maximum Gasteiger partial charge on any atom is 0.300 e. The molecule has 1 aromatic rings. The minimum atomic E-state index is -0.655. The number of hydrogen-bond donors (Lipinski definition) is 2. The summed E-state index contributed by atoms with van der Waals surface area (Å²) >= 11 is 0. The van der Waals surface area contributed by atoms with Crippen LogP contribution in [-0.4, -0.2) is 35.1 Å². The highest BCUT2D eigenvalue weighted by molar-refractivity contribution is 5.98. The van der Waals surface area contributed by atoms with Crippen molar-refractivity contribution in [3.8, 4) is 0 Å². The molecule has 3 N–H and O–H groups in total. The average Bonchev–Trinajstić information content (AvgIpc) is 2.41. The number of nitrogens with two attached hydrogens (primary N) is 1. The zero-order chi connectivity index (χ0) is 15.8. The number of pyridine rings is 1. The third kappa shape index (κ3) is 5.74. The summed E-state index contributed by atoms with van der Waals surface area (Å²) in [5.74, 6) is -0.461. The van der Waals surface area contributed by atoms with Crippen LogP contribution in [0.15, 0.2) is 12.3 Å². The van der Waals surface area contributed by atoms with Crippen LogP contribution < -0.4 is 11.1 Å². The fraction of sp³-hybridized carbons (Fsp3) is 0.538. The van der Waals surface area contributed by atoms with Gasteiger partial charge in [0.05, 0.1) is 11.0 Å². The highest BCUT2D eigenvalue weighted by atomic mass is 16.6. The van der Waals surface area contributed by atoms with Crippen molar-refractivity contribution in [1.29, 1.82) is 0 Å². The number of aromatic nitrogens is 1. The summed E-state index contributed by atoms with van der Waals surface area (Å²) in [7, 11) is 0. The van der Waals surface area contributed by atoms with Crippen LogP contribution in [0.4, 0.5) is 11.5 Å². The van der Waals surface area contributed by atoms with Gasteiger partial charge in [-0.2, -0.15) is 0 Å². The predicted molar refractivity (Wildman–Crippen MR) is 78.0 cm³/mol. The van der Waals surface area contributed by atoms with Crippen molar-refractivity contribution in [3.05, 3.63) is 27.9 Å². The maximum absolute atomic E-state index is 11.9. The summed E-state index contributed by atoms with van der Waals surface area (Å²) in [6.45, 7) is 4.94. The van der Waals surface area contributed by atoms with E-state index in [1.807, 2.05) is 13.8 Å². The number of nitrogens with one attached hydrogen (secondary N) is 1. The van der Waals surface area contributed by atoms with Crippen LogP contribution >= 0.6 is 0 Å². The molecule has 0 saturated heterocycles. The second-order valence-corrected chi connectivity index (χ2v) is 4.77. The SMILES string of the molecule is CC(C)OCCCCNC(=O)c1cc(N)ncc1[N+](=O)[O-]. The number of carbonyl (C=O) groups is 1. The first-order valence-corrected chi connectivity index (χ1v) is 6.71. The van der Waals surface area contributed by atoms with E-state index in [0.29, 0.717) is 13.2 Å². The van der Waals surface area contributed by atoms with Crippen molar-refractivity contribution >= 4 is 17.4 Å². The Bertz CT molecular complexity index is 505. The fourth-order valence-corrected chi connectivity index (χ4v) is 1.63. The Morgan fingerprint density at radius 3 is 2.86 bits per heavy atom. The van der Waals surface area contributed by atoms with Gasteiger partial charge in [-0.25, -0.2) is 4.98 Å². The third-order valence-corrected chi connectivity index (χ3v) is 2.65. The van der Waals surface area contributed by atoms with E-state index in [9.17, 15) is 14.9 Å². The van der Waals surface area contributed by atoms with Crippen molar-refractivity contribution in [1.82, 2.24) is 10.3 Å². The number of hydrogen-bond acceptors (Lipinski definition) is 6. The number of nitro groups is 1. The molecular weight excluding hydrogens is 276 g/mol. The molecule has 0 saturated carbocycles. The molecule has 0 unspecified atom stereocenters. The lowest BCUT2D eigenvalue weighted by Gasteiger charge is -2.08. The molecule has 0 aromatic carbocycles. The Morgan fingerprint density at radius 2 is 2.24 bits per heavy atom. The van der Waals surface area contributed by atoms with Crippen molar-refractivity contribution in [2.75, 3.05) is 18.9 Å². The summed E-state index contributed by atoms with van der Waals surface area (Å²) in [6.07, 6.45) is 2.70. The number of unbranched alkanes of at least 4 members (excludes halogenated alkanes) is 1. The summed E-state index contributed by atoms with van der Waals surface area (Å²) in [6, 6.07) is 1.20. The summed E-state index contributed by atoms with van der Waals surface area (Å²) in [5.41, 5.74) is 5.02. The second kappa shape index (κ2) is 8.15. The highest BCUT2D eigenvalue weighted by Gasteiger charge is 2.20. The van der Waals surface area contributed by atoms with Gasteiger partial charge in [-0.05, 0) is 32.8 Å². The van der Waals surface area contributed by atoms with Gasteiger partial charge in [-0.3, -0.25) is 14.9 Å². The minimum absolute atomic E-state index is 0.0658. The van der Waals surface area contributed by atoms with Gasteiger partial charge < -0.3 is 15.8 Å². The topological polar surface area (TPSA) is 120 Å². The van der Waals surface area contributed by atoms with Crippen LogP contribution in [0.2, 0.25) is 0 Å². The zero-order valence-corrected chi connectivity index (χ0v) is 12.2. The molecule has 21 heavy (non-hydrogen) atoms. The van der Waals surface area contributed by atoms with Crippen molar-refractivity contribution in [2.24, 2.45) is 0 Å². The maximum atomic E-state index is 11.9. The van der Waals surface area contributed by atoms with Gasteiger partial charge in [0, 0.05) is 13.2 Å². The Labute approximate surface area is 122 Å². The molecule has 0 radical (unpaired) electrons. The number of rotatable bonds is 8. The van der Waals surface area contributed by atoms with E-state index in [4.69, 9.17) is 10.5 Å². The van der Waals surface area contributed by atoms with Gasteiger partial charge >= 0.3 is 0 Å². The lowest BCUT2D eigenvalue weighted by molar-refractivity contribution is -0.385. The molecule has 0 aliphatic rings. The molecule has 1 rings (SSSR count). The Kier molecular flexibility index (Phi) is 6.54. The smallest absolute Gasteiger partial charge is 0.300 e. The molecule has 1 heterocycles. The fourth-order valence-electron chi connectivity index (χ4n) is 1.63. The van der Waals surface area contributed by atoms with Crippen LogP contribution in [0.25, 0.3) is 0 Å². The van der Waals surface area contributed by atoms with Crippen LogP contribution in [0.5, 0.6) is 0 Å². The molecule has 116 valence electrons. The highest BCUT2D eigenvalue weighted by Crippen LogP contribution is 2.18. The number of carbonyl (C=O) groups excluding carboxylic acids is 1. The minimum Gasteiger partial charge on any atom is -0.384 e. The van der Waals surface area contributed by atoms with Crippen molar-refractivity contribution in [2.45, 2.75) is 32.8 Å². The van der Waals surface area contributed by atoms with E-state index in [0.717, 1.165) is 19.0 Å². The Balaban J connectivity index is 2.49. The number of anilines is 1. The van der Waals surface area contributed by atoms with E-state index in [1.165, 1.54) is 6.07 Å². The summed E-state index contributed by atoms with van der Waals surface area (Å²) in [4.78, 5) is 25.7. The summed E-state index contributed by atoms with van der Waals surface area (Å²) in [5, 5.41) is 13.5. The van der Waals surface area contributed by atoms with Crippen LogP contribution in [0.3, 0.4) is 0 Å². The lowest BCUT2D eigenvalue weighted by Crippen LogP contribution is -2.25. The molecule has 0 atom stereocenters. The van der Waals surface area contributed by atoms with E-state index < -0.39 is 10.8 Å². The van der Waals surface area contributed by atoms with Crippen molar-refractivity contribution in [3.63, 3.8) is 0 Å². The molecule has 0 fully saturated rings. The first-order valence-electron chi connectivity index (χ1n) is 6.71. The molecule has 0 spiro atoms. The summed E-state index contributed by atoms with van der Waals surface area (Å²) < 4.78 is 5.37. The van der Waals surface area contributed by atoms with Crippen LogP contribution in [-0.2, 0) is 4.74 Å². The largest absolute Gasteiger partial charge is 0.384 e. The normalized spacial score (nSPS) is 10.6. The van der Waals surface area contributed by atoms with E-state index >= 15 is 0 Å². The van der Waals surface area contributed by atoms with Gasteiger partial charge in [0.15, 0.2) is 0 Å². The van der Waals surface area contributed by atoms with Crippen LogP contribution in [0, 0.1) is 10.1 Å². The molecule has 0 bridgehead atoms. The Hall–Kier alpha value is -2.22. The van der Waals surface area contributed by atoms with Gasteiger partial charge in [-0.1, -0.05) is 0 Å². The zero-order valence-electron chi connectivity index (χ0n) is 12.2. The van der Waals surface area contributed by atoms with E-state index in [2.05, 4.69) is 10.3 Å². The monoisotopic (exact) mass is 296 g/mol. The average molecular weight is 296 g/mol. The number of nitrogen functional groups attached to an aromatic ring is 1. The van der Waals surface area contributed by atoms with E-state index in [1.54, 1.807) is 0 Å². The molecule has 1 amide bonds. The molecule has 0 aliphatic carbocycles. The molecule has 1 aromatic heterocycles. The number of ether oxygens (including phenoxy) is 1. The van der Waals surface area contributed by atoms with Gasteiger partial charge in [0.1, 0.15) is 17.6 Å². The number of amides is 1. The molecular formula is C13H20N4O4. The molecule has 8 heteroatoms. The van der Waals surface area contributed by atoms with Gasteiger partial charge in [-0.15, -0.1) is 0 Å². The van der Waals surface area contributed by atoms with Gasteiger partial charge in [0.2, 0.25) is 0 Å². The van der Waals surface area contributed by atoms with Crippen molar-refractivity contribution < 1.29 is 14.5 Å². The molecule has 0 aliphatic heterocycles. The van der Waals surface area contributed by atoms with E-state index in [-0.39, 0.29) is 23.2 Å². The second-order valence-electron chi connectivity index (χ2n) is 4.77. The quantitative estimate of drug-likeness (QED) is 0.426. The Morgan fingerprint density at radius 1 is 1.52 bits per heavy atom. The first kappa shape index (κ1) is 16.8. The first-order chi connectivity index (χ1) is 9.91. The predicted octanol–water partition coefficient (Wildman–Crippen LogP) is 1.51. The lowest BCUT2D eigenvalue weighted by atomic mass is 10.2. The molecule has 8 nitrogen and oxygen atoms in total.